The van der Waals surface area contributed by atoms with Crippen LogP contribution >= 0.6 is 0 Å². The number of amides is 3. The number of rotatable bonds is 2. The molecule has 0 aliphatic carbocycles. The Morgan fingerprint density at radius 2 is 1.84 bits per heavy atom. The Morgan fingerprint density at radius 1 is 1.08 bits per heavy atom. The molecule has 7 heteroatoms. The van der Waals surface area contributed by atoms with Crippen LogP contribution < -0.4 is 14.8 Å². The number of hydrogen-bond donors (Lipinski definition) is 1. The topological polar surface area (TPSA) is 84.9 Å². The molecule has 0 fully saturated rings. The molecule has 0 unspecified atom stereocenters. The number of fused-ring (bicyclic) bond motifs is 2. The zero-order chi connectivity index (χ0) is 17.6. The highest BCUT2D eigenvalue weighted by Crippen LogP contribution is 2.32. The molecule has 1 N–H and O–H groups in total. The molecule has 7 nitrogen and oxygen atoms in total. The largest absolute Gasteiger partial charge is 0.485 e. The van der Waals surface area contributed by atoms with Crippen molar-refractivity contribution in [1.82, 2.24) is 4.90 Å². The quantitative estimate of drug-likeness (QED) is 0.843. The number of carbonyl (C=O) groups is 3. The van der Waals surface area contributed by atoms with E-state index in [1.807, 2.05) is 6.07 Å². The second-order valence-corrected chi connectivity index (χ2v) is 5.75. The molecule has 2 heterocycles. The van der Waals surface area contributed by atoms with E-state index in [-0.39, 0.29) is 29.3 Å². The van der Waals surface area contributed by atoms with E-state index >= 15 is 0 Å². The second-order valence-electron chi connectivity index (χ2n) is 5.75. The second kappa shape index (κ2) is 5.62. The Morgan fingerprint density at radius 3 is 2.64 bits per heavy atom. The summed E-state index contributed by atoms with van der Waals surface area (Å²) in [5.74, 6) is -0.213. The van der Waals surface area contributed by atoms with Gasteiger partial charge in [0, 0.05) is 7.05 Å². The highest BCUT2D eigenvalue weighted by Gasteiger charge is 2.36. The van der Waals surface area contributed by atoms with E-state index in [2.05, 4.69) is 5.32 Å². The van der Waals surface area contributed by atoms with Gasteiger partial charge in [0.05, 0.1) is 16.8 Å². The van der Waals surface area contributed by atoms with Gasteiger partial charge in [-0.25, -0.2) is 0 Å². The lowest BCUT2D eigenvalue weighted by Crippen LogP contribution is -2.40. The Labute approximate surface area is 143 Å². The summed E-state index contributed by atoms with van der Waals surface area (Å²) in [4.78, 5) is 37.8. The molecule has 0 spiro atoms. The first-order valence-electron chi connectivity index (χ1n) is 7.71. The van der Waals surface area contributed by atoms with Crippen LogP contribution in [0.25, 0.3) is 0 Å². The van der Waals surface area contributed by atoms with Crippen molar-refractivity contribution in [1.29, 1.82) is 0 Å². The minimum absolute atomic E-state index is 0.0602. The SMILES string of the molecule is CN1C(=O)c2cccc(NC(=O)[C@H]3COc4ccccc4O3)c2C1=O. The van der Waals surface area contributed by atoms with Crippen molar-refractivity contribution in [3.8, 4) is 11.5 Å². The van der Waals surface area contributed by atoms with Gasteiger partial charge in [-0.05, 0) is 24.3 Å². The monoisotopic (exact) mass is 338 g/mol. The zero-order valence-electron chi connectivity index (χ0n) is 13.3. The molecule has 0 bridgehead atoms. The molecule has 2 aliphatic heterocycles. The molecule has 4 rings (SSSR count). The van der Waals surface area contributed by atoms with Crippen LogP contribution in [0.2, 0.25) is 0 Å². The van der Waals surface area contributed by atoms with Crippen LogP contribution in [0.5, 0.6) is 11.5 Å². The maximum atomic E-state index is 12.5. The number of ether oxygens (including phenoxy) is 2. The number of imide groups is 1. The number of nitrogens with zero attached hydrogens (tertiary/aromatic N) is 1. The van der Waals surface area contributed by atoms with Gasteiger partial charge in [-0.1, -0.05) is 18.2 Å². The lowest BCUT2D eigenvalue weighted by molar-refractivity contribution is -0.125. The van der Waals surface area contributed by atoms with Crippen LogP contribution in [0.3, 0.4) is 0 Å². The molecule has 2 aliphatic rings. The van der Waals surface area contributed by atoms with E-state index < -0.39 is 17.9 Å². The first-order chi connectivity index (χ1) is 12.1. The standard InChI is InChI=1S/C18H14N2O5/c1-20-17(22)10-5-4-6-11(15(10)18(20)23)19-16(21)14-9-24-12-7-2-3-8-13(12)25-14/h2-8,14H,9H2,1H3,(H,19,21)/t14-/m1/s1. The predicted molar refractivity (Wildman–Crippen MR) is 87.8 cm³/mol. The van der Waals surface area contributed by atoms with Crippen molar-refractivity contribution in [3.63, 3.8) is 0 Å². The Kier molecular flexibility index (Phi) is 3.42. The van der Waals surface area contributed by atoms with Gasteiger partial charge in [0.2, 0.25) is 6.10 Å². The summed E-state index contributed by atoms with van der Waals surface area (Å²) in [6.45, 7) is 0.0602. The molecule has 126 valence electrons. The Bertz CT molecular complexity index is 908. The highest BCUT2D eigenvalue weighted by atomic mass is 16.6. The van der Waals surface area contributed by atoms with E-state index in [4.69, 9.17) is 9.47 Å². The van der Waals surface area contributed by atoms with E-state index in [1.54, 1.807) is 36.4 Å². The van der Waals surface area contributed by atoms with Crippen LogP contribution in [0, 0.1) is 0 Å². The zero-order valence-corrected chi connectivity index (χ0v) is 13.3. The molecule has 3 amide bonds. The first-order valence-corrected chi connectivity index (χ1v) is 7.71. The molecule has 2 aromatic rings. The maximum absolute atomic E-state index is 12.5. The molecule has 0 saturated carbocycles. The van der Waals surface area contributed by atoms with E-state index in [0.29, 0.717) is 11.5 Å². The molecule has 25 heavy (non-hydrogen) atoms. The molecule has 2 aromatic carbocycles. The summed E-state index contributed by atoms with van der Waals surface area (Å²) >= 11 is 0. The molecule has 0 aromatic heterocycles. The van der Waals surface area contributed by atoms with Crippen LogP contribution in [0.4, 0.5) is 5.69 Å². The molecular formula is C18H14N2O5. The van der Waals surface area contributed by atoms with Gasteiger partial charge in [-0.3, -0.25) is 19.3 Å². The van der Waals surface area contributed by atoms with Gasteiger partial charge < -0.3 is 14.8 Å². The summed E-state index contributed by atoms with van der Waals surface area (Å²) in [6.07, 6.45) is -0.851. The summed E-state index contributed by atoms with van der Waals surface area (Å²) in [5, 5.41) is 2.67. The minimum atomic E-state index is -0.851. The predicted octanol–water partition coefficient (Wildman–Crippen LogP) is 1.69. The average molecular weight is 338 g/mol. The third-order valence-electron chi connectivity index (χ3n) is 4.18. The van der Waals surface area contributed by atoms with Gasteiger partial charge >= 0.3 is 0 Å². The number of para-hydroxylation sites is 2. The normalized spacial score (nSPS) is 18.1. The summed E-state index contributed by atoms with van der Waals surface area (Å²) in [6, 6.07) is 11.8. The Hall–Kier alpha value is -3.35. The van der Waals surface area contributed by atoms with E-state index in [9.17, 15) is 14.4 Å². The first kappa shape index (κ1) is 15.2. The lowest BCUT2D eigenvalue weighted by Gasteiger charge is -2.25. The van der Waals surface area contributed by atoms with Crippen LogP contribution in [-0.2, 0) is 4.79 Å². The molecule has 0 saturated heterocycles. The van der Waals surface area contributed by atoms with Gasteiger partial charge in [0.1, 0.15) is 6.61 Å². The summed E-state index contributed by atoms with van der Waals surface area (Å²) in [7, 11) is 1.41. The van der Waals surface area contributed by atoms with Gasteiger partial charge in [-0.15, -0.1) is 0 Å². The van der Waals surface area contributed by atoms with Crippen molar-refractivity contribution in [2.45, 2.75) is 6.10 Å². The van der Waals surface area contributed by atoms with Gasteiger partial charge in [0.25, 0.3) is 17.7 Å². The fourth-order valence-corrected chi connectivity index (χ4v) is 2.87. The molecule has 0 radical (unpaired) electrons. The number of carbonyl (C=O) groups excluding carboxylic acids is 3. The fourth-order valence-electron chi connectivity index (χ4n) is 2.87. The Balaban J connectivity index is 1.58. The number of benzene rings is 2. The number of anilines is 1. The van der Waals surface area contributed by atoms with Gasteiger partial charge in [0.15, 0.2) is 11.5 Å². The smallest absolute Gasteiger partial charge is 0.269 e. The lowest BCUT2D eigenvalue weighted by atomic mass is 10.1. The maximum Gasteiger partial charge on any atom is 0.269 e. The van der Waals surface area contributed by atoms with E-state index in [0.717, 1.165) is 4.90 Å². The van der Waals surface area contributed by atoms with Crippen molar-refractivity contribution in [2.75, 3.05) is 19.0 Å². The summed E-state index contributed by atoms with van der Waals surface area (Å²) in [5.41, 5.74) is 0.754. The van der Waals surface area contributed by atoms with Gasteiger partial charge in [-0.2, -0.15) is 0 Å². The number of hydrogen-bond acceptors (Lipinski definition) is 5. The van der Waals surface area contributed by atoms with E-state index in [1.165, 1.54) is 7.05 Å². The van der Waals surface area contributed by atoms with Crippen molar-refractivity contribution >= 4 is 23.4 Å². The van der Waals surface area contributed by atoms with Crippen LogP contribution in [-0.4, -0.2) is 42.4 Å². The van der Waals surface area contributed by atoms with Crippen LogP contribution in [0.15, 0.2) is 42.5 Å². The van der Waals surface area contributed by atoms with Crippen molar-refractivity contribution < 1.29 is 23.9 Å². The fraction of sp³-hybridized carbons (Fsp3) is 0.167. The molecule has 1 atom stereocenters. The number of nitrogens with one attached hydrogen (secondary N) is 1. The third-order valence-corrected chi connectivity index (χ3v) is 4.18. The minimum Gasteiger partial charge on any atom is -0.485 e. The third kappa shape index (κ3) is 2.40. The van der Waals surface area contributed by atoms with Crippen LogP contribution in [0.1, 0.15) is 20.7 Å². The average Bonchev–Trinajstić information content (AvgIpc) is 2.86. The van der Waals surface area contributed by atoms with Crippen molar-refractivity contribution in [3.05, 3.63) is 53.6 Å². The van der Waals surface area contributed by atoms with Crippen molar-refractivity contribution in [2.24, 2.45) is 0 Å². The molecular weight excluding hydrogens is 324 g/mol. The summed E-state index contributed by atoms with van der Waals surface area (Å²) < 4.78 is 11.2. The highest BCUT2D eigenvalue weighted by molar-refractivity contribution is 6.24.